The zero-order valence-electron chi connectivity index (χ0n) is 11.8. The summed E-state index contributed by atoms with van der Waals surface area (Å²) >= 11 is 0. The second-order valence-corrected chi connectivity index (χ2v) is 8.22. The van der Waals surface area contributed by atoms with Crippen molar-refractivity contribution < 1.29 is 36.0 Å². The van der Waals surface area contributed by atoms with Crippen LogP contribution in [0.2, 0.25) is 0 Å². The number of alkyl halides is 2. The summed E-state index contributed by atoms with van der Waals surface area (Å²) in [5, 5.41) is 10.7. The molecular weight excluding hydrogens is 322 g/mol. The van der Waals surface area contributed by atoms with Crippen LogP contribution in [0, 0.1) is 23.7 Å². The molecule has 0 heterocycles. The zero-order chi connectivity index (χ0) is 16.1. The molecule has 0 saturated heterocycles. The number of halogens is 2. The maximum absolute atomic E-state index is 12.1. The van der Waals surface area contributed by atoms with Gasteiger partial charge in [-0.2, -0.15) is 17.2 Å². The summed E-state index contributed by atoms with van der Waals surface area (Å²) in [6.07, 6.45) is 2.67. The first kappa shape index (κ1) is 15.9. The van der Waals surface area contributed by atoms with Crippen molar-refractivity contribution in [2.45, 2.75) is 43.5 Å². The molecular formula is C13H18F2O6S. The molecule has 3 unspecified atom stereocenters. The van der Waals surface area contributed by atoms with Crippen molar-refractivity contribution >= 4 is 16.3 Å². The van der Waals surface area contributed by atoms with Gasteiger partial charge in [-0.1, -0.05) is 0 Å². The van der Waals surface area contributed by atoms with Crippen LogP contribution in [0.15, 0.2) is 0 Å². The molecule has 1 N–H and O–H groups in total. The van der Waals surface area contributed by atoms with Crippen molar-refractivity contribution in [2.75, 3.05) is 6.61 Å². The predicted octanol–water partition coefficient (Wildman–Crippen LogP) is 1.88. The number of carbonyl (C=O) groups is 1. The van der Waals surface area contributed by atoms with E-state index in [9.17, 15) is 27.1 Å². The Morgan fingerprint density at radius 2 is 1.82 bits per heavy atom. The van der Waals surface area contributed by atoms with Crippen LogP contribution in [0.25, 0.3) is 0 Å². The predicted molar refractivity (Wildman–Crippen MR) is 69.4 cm³/mol. The fourth-order valence-corrected chi connectivity index (χ4v) is 5.02. The molecule has 4 bridgehead atoms. The summed E-state index contributed by atoms with van der Waals surface area (Å²) < 4.78 is 54.1. The molecule has 0 aromatic carbocycles. The van der Waals surface area contributed by atoms with Crippen LogP contribution < -0.4 is 0 Å². The van der Waals surface area contributed by atoms with Crippen LogP contribution in [-0.4, -0.2) is 37.6 Å². The van der Waals surface area contributed by atoms with E-state index in [1.54, 1.807) is 0 Å². The van der Waals surface area contributed by atoms with Gasteiger partial charge in [0, 0.05) is 5.92 Å². The van der Waals surface area contributed by atoms with Gasteiger partial charge in [0.15, 0.2) is 0 Å². The van der Waals surface area contributed by atoms with E-state index in [1.165, 1.54) is 0 Å². The van der Waals surface area contributed by atoms with Gasteiger partial charge >= 0.3 is 22.0 Å². The third kappa shape index (κ3) is 2.80. The van der Waals surface area contributed by atoms with Crippen LogP contribution in [0.5, 0.6) is 0 Å². The summed E-state index contributed by atoms with van der Waals surface area (Å²) in [6.45, 7) is -0.210. The Hall–Kier alpha value is -0.960. The van der Waals surface area contributed by atoms with E-state index in [0.717, 1.165) is 19.3 Å². The van der Waals surface area contributed by atoms with Crippen LogP contribution in [-0.2, 0) is 19.0 Å². The average Bonchev–Trinajstić information content (AvgIpc) is 2.35. The second-order valence-electron chi connectivity index (χ2n) is 6.72. The van der Waals surface area contributed by atoms with Gasteiger partial charge in [0.1, 0.15) is 6.61 Å². The first-order valence-electron chi connectivity index (χ1n) is 7.30. The normalized spacial score (nSPS) is 40.0. The minimum absolute atomic E-state index is 0.210. The number of rotatable bonds is 4. The molecule has 4 saturated carbocycles. The summed E-state index contributed by atoms with van der Waals surface area (Å²) in [7, 11) is -5.26. The molecule has 0 aromatic heterocycles. The molecule has 0 aromatic rings. The Morgan fingerprint density at radius 3 is 2.32 bits per heavy atom. The van der Waals surface area contributed by atoms with Crippen LogP contribution >= 0.6 is 0 Å². The van der Waals surface area contributed by atoms with Crippen molar-refractivity contribution in [3.63, 3.8) is 0 Å². The van der Waals surface area contributed by atoms with E-state index in [0.29, 0.717) is 24.7 Å². The fraction of sp³-hybridized carbons (Fsp3) is 0.923. The molecule has 4 rings (SSSR count). The van der Waals surface area contributed by atoms with E-state index in [1.807, 2.05) is 0 Å². The Balaban J connectivity index is 1.59. The van der Waals surface area contributed by atoms with E-state index < -0.39 is 27.6 Å². The molecule has 4 aliphatic carbocycles. The largest absolute Gasteiger partial charge is 0.524 e. The smallest absolute Gasteiger partial charge is 0.433 e. The lowest BCUT2D eigenvalue weighted by atomic mass is 9.50. The van der Waals surface area contributed by atoms with Crippen LogP contribution in [0.4, 0.5) is 13.6 Å². The van der Waals surface area contributed by atoms with E-state index >= 15 is 0 Å². The van der Waals surface area contributed by atoms with E-state index in [4.69, 9.17) is 0 Å². The lowest BCUT2D eigenvalue weighted by Crippen LogP contribution is -2.58. The number of aliphatic hydroxyl groups is 1. The highest BCUT2D eigenvalue weighted by atomic mass is 32.2. The van der Waals surface area contributed by atoms with Crippen molar-refractivity contribution in [2.24, 2.45) is 23.7 Å². The fourth-order valence-electron chi connectivity index (χ4n) is 4.71. The monoisotopic (exact) mass is 340 g/mol. The van der Waals surface area contributed by atoms with Gasteiger partial charge in [0.25, 0.3) is 0 Å². The zero-order valence-corrected chi connectivity index (χ0v) is 12.6. The van der Waals surface area contributed by atoms with E-state index in [2.05, 4.69) is 8.92 Å². The lowest BCUT2D eigenvalue weighted by molar-refractivity contribution is -0.182. The highest BCUT2D eigenvalue weighted by molar-refractivity contribution is 7.87. The second kappa shape index (κ2) is 5.30. The summed E-state index contributed by atoms with van der Waals surface area (Å²) in [4.78, 5) is 11.3. The number of ether oxygens (including phenoxy) is 1. The molecule has 0 radical (unpaired) electrons. The van der Waals surface area contributed by atoms with Crippen molar-refractivity contribution in [3.05, 3.63) is 0 Å². The molecule has 4 fully saturated rings. The first-order chi connectivity index (χ1) is 10.2. The lowest BCUT2D eigenvalue weighted by Gasteiger charge is -2.58. The van der Waals surface area contributed by atoms with Gasteiger partial charge in [-0.15, -0.1) is 0 Å². The molecule has 4 aliphatic rings. The molecule has 0 amide bonds. The third-order valence-corrected chi connectivity index (χ3v) is 6.07. The van der Waals surface area contributed by atoms with E-state index in [-0.39, 0.29) is 18.4 Å². The maximum Gasteiger partial charge on any atom is 0.524 e. The minimum Gasteiger partial charge on any atom is -0.433 e. The standard InChI is InChI=1S/C13H18F2O6S/c14-11(15)22(18,19)21-12(16)20-6-10-9-2-7-1-8(3-9)5-13(10,17)4-7/h7-11,17H,1-6H2. The van der Waals surface area contributed by atoms with Crippen molar-refractivity contribution in [3.8, 4) is 0 Å². The third-order valence-electron chi connectivity index (χ3n) is 5.27. The molecule has 0 spiro atoms. The van der Waals surface area contributed by atoms with Gasteiger partial charge in [-0.3, -0.25) is 0 Å². The summed E-state index contributed by atoms with van der Waals surface area (Å²) in [5.74, 6) is -2.89. The summed E-state index contributed by atoms with van der Waals surface area (Å²) in [5.41, 5.74) is -0.906. The van der Waals surface area contributed by atoms with Gasteiger partial charge in [0.2, 0.25) is 0 Å². The molecule has 3 atom stereocenters. The molecule has 6 nitrogen and oxygen atoms in total. The maximum atomic E-state index is 12.1. The van der Waals surface area contributed by atoms with Gasteiger partial charge < -0.3 is 14.0 Å². The molecule has 126 valence electrons. The van der Waals surface area contributed by atoms with Crippen LogP contribution in [0.1, 0.15) is 32.1 Å². The van der Waals surface area contributed by atoms with Gasteiger partial charge in [-0.05, 0) is 49.9 Å². The van der Waals surface area contributed by atoms with Crippen molar-refractivity contribution in [1.82, 2.24) is 0 Å². The highest BCUT2D eigenvalue weighted by Gasteiger charge is 2.56. The minimum atomic E-state index is -5.26. The SMILES string of the molecule is O=C(OCC1C2CC3CC(C2)CC1(O)C3)OS(=O)(=O)C(F)F. The quantitative estimate of drug-likeness (QED) is 0.621. The Labute approximate surface area is 126 Å². The van der Waals surface area contributed by atoms with Crippen molar-refractivity contribution in [1.29, 1.82) is 0 Å². The highest BCUT2D eigenvalue weighted by Crippen LogP contribution is 2.58. The number of hydrogen-bond acceptors (Lipinski definition) is 6. The Bertz CT molecular complexity index is 549. The topological polar surface area (TPSA) is 89.9 Å². The Morgan fingerprint density at radius 1 is 1.23 bits per heavy atom. The first-order valence-corrected chi connectivity index (χ1v) is 8.77. The van der Waals surface area contributed by atoms with Crippen LogP contribution in [0.3, 0.4) is 0 Å². The summed E-state index contributed by atoms with van der Waals surface area (Å²) in [6, 6.07) is 0. The van der Waals surface area contributed by atoms with Gasteiger partial charge in [-0.25, -0.2) is 4.79 Å². The molecule has 9 heteroatoms. The molecule has 0 aliphatic heterocycles. The average molecular weight is 340 g/mol. The number of hydrogen-bond donors (Lipinski definition) is 1. The Kier molecular flexibility index (Phi) is 3.83. The molecule has 22 heavy (non-hydrogen) atoms. The van der Waals surface area contributed by atoms with Gasteiger partial charge in [0.05, 0.1) is 5.60 Å². The number of carbonyl (C=O) groups excluding carboxylic acids is 1.